The third-order valence-electron chi connectivity index (χ3n) is 4.17. The van der Waals surface area contributed by atoms with E-state index in [2.05, 4.69) is 10.2 Å². The van der Waals surface area contributed by atoms with Gasteiger partial charge in [0.15, 0.2) is 5.65 Å². The smallest absolute Gasteiger partial charge is 0.270 e. The van der Waals surface area contributed by atoms with Crippen LogP contribution in [0.25, 0.3) is 16.6 Å². The number of aromatic nitrogens is 3. The lowest BCUT2D eigenvalue weighted by Gasteiger charge is -2.07. The number of pyridine rings is 1. The fourth-order valence-corrected chi connectivity index (χ4v) is 4.42. The van der Waals surface area contributed by atoms with Crippen LogP contribution in [0.5, 0.6) is 0 Å². The van der Waals surface area contributed by atoms with Crippen LogP contribution >= 0.6 is 11.8 Å². The molecule has 0 radical (unpaired) electrons. The zero-order valence-corrected chi connectivity index (χ0v) is 15.6. The molecule has 0 saturated carbocycles. The van der Waals surface area contributed by atoms with Crippen LogP contribution in [0.3, 0.4) is 0 Å². The summed E-state index contributed by atoms with van der Waals surface area (Å²) in [5.74, 6) is -3.44. The van der Waals surface area contributed by atoms with Crippen LogP contribution < -0.4 is 0 Å². The number of hydrogen-bond donors (Lipinski definition) is 0. The summed E-state index contributed by atoms with van der Waals surface area (Å²) in [7, 11) is -4.60. The highest BCUT2D eigenvalue weighted by Crippen LogP contribution is 2.31. The number of rotatable bonds is 4. The van der Waals surface area contributed by atoms with Crippen LogP contribution in [0.2, 0.25) is 0 Å². The highest BCUT2D eigenvalue weighted by atomic mass is 32.2. The van der Waals surface area contributed by atoms with Crippen LogP contribution in [0.1, 0.15) is 5.56 Å². The molecule has 0 N–H and O–H groups in total. The number of sulfone groups is 1. The molecule has 0 aliphatic rings. The second-order valence-electron chi connectivity index (χ2n) is 5.90. The number of nitrogens with zero attached hydrogens (tertiary/aromatic N) is 3. The normalized spacial score (nSPS) is 12.3. The van der Waals surface area contributed by atoms with Crippen LogP contribution in [0.4, 0.5) is 8.78 Å². The monoisotopic (exact) mass is 405 g/mol. The Morgan fingerprint density at radius 1 is 1.04 bits per heavy atom. The maximum atomic E-state index is 12.6. The number of benzene rings is 2. The zero-order chi connectivity index (χ0) is 19.2. The van der Waals surface area contributed by atoms with Crippen molar-refractivity contribution in [3.05, 3.63) is 60.2 Å². The fourth-order valence-electron chi connectivity index (χ4n) is 2.85. The predicted octanol–water partition coefficient (Wildman–Crippen LogP) is 4.34. The minimum absolute atomic E-state index is 0.408. The molecule has 138 valence electrons. The molecule has 0 atom stereocenters. The second-order valence-corrected chi connectivity index (χ2v) is 8.86. The van der Waals surface area contributed by atoms with E-state index in [0.29, 0.717) is 15.7 Å². The van der Waals surface area contributed by atoms with Crippen molar-refractivity contribution in [2.45, 2.75) is 27.6 Å². The first-order valence-electron chi connectivity index (χ1n) is 7.91. The van der Waals surface area contributed by atoms with Crippen LogP contribution in [-0.4, -0.2) is 28.8 Å². The van der Waals surface area contributed by atoms with Crippen molar-refractivity contribution in [1.82, 2.24) is 14.6 Å². The van der Waals surface area contributed by atoms with E-state index in [9.17, 15) is 17.2 Å². The molecule has 0 unspecified atom stereocenters. The van der Waals surface area contributed by atoms with Gasteiger partial charge < -0.3 is 0 Å². The van der Waals surface area contributed by atoms with Gasteiger partial charge in [0.2, 0.25) is 15.0 Å². The molecule has 0 spiro atoms. The number of aryl methyl sites for hydroxylation is 1. The molecule has 9 heteroatoms. The van der Waals surface area contributed by atoms with Crippen molar-refractivity contribution in [2.24, 2.45) is 0 Å². The Morgan fingerprint density at radius 2 is 1.74 bits per heavy atom. The third-order valence-corrected chi connectivity index (χ3v) is 6.52. The lowest BCUT2D eigenvalue weighted by atomic mass is 10.1. The Balaban J connectivity index is 1.76. The molecule has 27 heavy (non-hydrogen) atoms. The summed E-state index contributed by atoms with van der Waals surface area (Å²) in [4.78, 5) is 0.260. The first-order valence-corrected chi connectivity index (χ1v) is 10.3. The van der Waals surface area contributed by atoms with Gasteiger partial charge in [0, 0.05) is 10.3 Å². The highest BCUT2D eigenvalue weighted by Gasteiger charge is 2.26. The van der Waals surface area contributed by atoms with Gasteiger partial charge in [-0.1, -0.05) is 18.2 Å². The minimum Gasteiger partial charge on any atom is -0.270 e. The average molecular weight is 405 g/mol. The molecule has 0 saturated heterocycles. The standard InChI is InChI=1S/C18H13F2N3O2S2/c1-11-10-16-21-22-18(23(16)15-5-3-2-4-14(11)15)26-12-6-8-13(9-7-12)27(24,25)17(19)20/h2-10,17H,1H3. The van der Waals surface area contributed by atoms with Crippen molar-refractivity contribution < 1.29 is 17.2 Å². The van der Waals surface area contributed by atoms with Crippen molar-refractivity contribution in [3.8, 4) is 0 Å². The Hall–Kier alpha value is -2.52. The first kappa shape index (κ1) is 17.9. The second kappa shape index (κ2) is 6.58. The maximum absolute atomic E-state index is 12.6. The van der Waals surface area contributed by atoms with E-state index >= 15 is 0 Å². The molecular weight excluding hydrogens is 392 g/mol. The largest absolute Gasteiger partial charge is 0.341 e. The van der Waals surface area contributed by atoms with Gasteiger partial charge in [-0.2, -0.15) is 8.78 Å². The summed E-state index contributed by atoms with van der Waals surface area (Å²) < 4.78 is 50.3. The maximum Gasteiger partial charge on any atom is 0.341 e. The highest BCUT2D eigenvalue weighted by molar-refractivity contribution is 7.99. The summed E-state index contributed by atoms with van der Waals surface area (Å²) in [6.07, 6.45) is 0. The molecule has 0 aliphatic carbocycles. The fraction of sp³-hybridized carbons (Fsp3) is 0.111. The lowest BCUT2D eigenvalue weighted by molar-refractivity contribution is 0.234. The first-order chi connectivity index (χ1) is 12.9. The number of para-hydroxylation sites is 1. The Labute approximate surface area is 158 Å². The zero-order valence-electron chi connectivity index (χ0n) is 14.0. The number of hydrogen-bond acceptors (Lipinski definition) is 5. The van der Waals surface area contributed by atoms with Gasteiger partial charge in [0.25, 0.3) is 0 Å². The molecule has 0 aliphatic heterocycles. The van der Waals surface area contributed by atoms with Gasteiger partial charge >= 0.3 is 5.76 Å². The predicted molar refractivity (Wildman–Crippen MR) is 99.0 cm³/mol. The number of fused-ring (bicyclic) bond motifs is 3. The average Bonchev–Trinajstić information content (AvgIpc) is 3.05. The van der Waals surface area contributed by atoms with Crippen molar-refractivity contribution in [3.63, 3.8) is 0 Å². The van der Waals surface area contributed by atoms with E-state index in [-0.39, 0.29) is 0 Å². The van der Waals surface area contributed by atoms with Gasteiger partial charge in [-0.3, -0.25) is 4.40 Å². The summed E-state index contributed by atoms with van der Waals surface area (Å²) in [5, 5.41) is 10.1. The van der Waals surface area contributed by atoms with E-state index < -0.39 is 20.5 Å². The molecular formula is C18H13F2N3O2S2. The van der Waals surface area contributed by atoms with Crippen LogP contribution in [0.15, 0.2) is 69.5 Å². The molecule has 2 aromatic heterocycles. The van der Waals surface area contributed by atoms with Crippen molar-refractivity contribution in [1.29, 1.82) is 0 Å². The molecule has 0 bridgehead atoms. The van der Waals surface area contributed by atoms with Gasteiger partial charge in [-0.15, -0.1) is 10.2 Å². The SMILES string of the molecule is Cc1cc2nnc(Sc3ccc(S(=O)(=O)C(F)F)cc3)n2c2ccccc12. The van der Waals surface area contributed by atoms with E-state index in [1.165, 1.54) is 36.0 Å². The molecule has 4 aromatic rings. The summed E-state index contributed by atoms with van der Waals surface area (Å²) in [6, 6.07) is 15.1. The van der Waals surface area contributed by atoms with Gasteiger partial charge in [-0.05, 0) is 60.6 Å². The molecule has 0 fully saturated rings. The number of alkyl halides is 2. The van der Waals surface area contributed by atoms with Gasteiger partial charge in [0.1, 0.15) is 0 Å². The van der Waals surface area contributed by atoms with E-state index in [1.54, 1.807) is 0 Å². The number of halogens is 2. The Morgan fingerprint density at radius 3 is 2.44 bits per heavy atom. The molecule has 2 heterocycles. The molecule has 5 nitrogen and oxygen atoms in total. The van der Waals surface area contributed by atoms with Crippen LogP contribution in [0, 0.1) is 6.92 Å². The van der Waals surface area contributed by atoms with Gasteiger partial charge in [0.05, 0.1) is 10.4 Å². The van der Waals surface area contributed by atoms with Crippen LogP contribution in [-0.2, 0) is 9.84 Å². The van der Waals surface area contributed by atoms with Crippen molar-refractivity contribution >= 4 is 38.1 Å². The lowest BCUT2D eigenvalue weighted by Crippen LogP contribution is -2.11. The summed E-state index contributed by atoms with van der Waals surface area (Å²) >= 11 is 1.28. The Bertz CT molecular complexity index is 1250. The Kier molecular flexibility index (Phi) is 4.35. The molecule has 4 rings (SSSR count). The summed E-state index contributed by atoms with van der Waals surface area (Å²) in [5.41, 5.74) is 2.74. The topological polar surface area (TPSA) is 64.3 Å². The van der Waals surface area contributed by atoms with E-state index in [4.69, 9.17) is 0 Å². The third kappa shape index (κ3) is 3.06. The van der Waals surface area contributed by atoms with E-state index in [0.717, 1.165) is 16.5 Å². The molecule has 0 amide bonds. The van der Waals surface area contributed by atoms with Gasteiger partial charge in [-0.25, -0.2) is 8.42 Å². The van der Waals surface area contributed by atoms with Crippen molar-refractivity contribution in [2.75, 3.05) is 0 Å². The quantitative estimate of drug-likeness (QED) is 0.505. The summed E-state index contributed by atoms with van der Waals surface area (Å²) in [6.45, 7) is 2.01. The minimum atomic E-state index is -4.60. The van der Waals surface area contributed by atoms with E-state index in [1.807, 2.05) is 41.7 Å². The molecule has 2 aromatic carbocycles.